The minimum absolute atomic E-state index is 0.256. The van der Waals surface area contributed by atoms with E-state index in [0.717, 1.165) is 23.3 Å². The smallest absolute Gasteiger partial charge is 0.251 e. The molecule has 1 atom stereocenters. The summed E-state index contributed by atoms with van der Waals surface area (Å²) in [6.07, 6.45) is 0.473. The van der Waals surface area contributed by atoms with E-state index >= 15 is 0 Å². The molecule has 0 radical (unpaired) electrons. The van der Waals surface area contributed by atoms with Crippen LogP contribution in [-0.2, 0) is 11.2 Å². The second-order valence-corrected chi connectivity index (χ2v) is 10.4. The van der Waals surface area contributed by atoms with Crippen molar-refractivity contribution < 1.29 is 18.4 Å². The molecule has 0 unspecified atom stereocenters. The molecule has 9 heteroatoms. The van der Waals surface area contributed by atoms with Crippen molar-refractivity contribution >= 4 is 35.2 Å². The number of rotatable bonds is 7. The van der Waals surface area contributed by atoms with Gasteiger partial charge in [-0.05, 0) is 60.2 Å². The minimum atomic E-state index is -1.30. The molecule has 0 spiro atoms. The van der Waals surface area contributed by atoms with Gasteiger partial charge >= 0.3 is 0 Å². The number of nitrogens with zero attached hydrogens (tertiary/aromatic N) is 1. The van der Waals surface area contributed by atoms with Gasteiger partial charge in [-0.25, -0.2) is 8.78 Å². The molecule has 1 heterocycles. The van der Waals surface area contributed by atoms with Gasteiger partial charge in [-0.15, -0.1) is 0 Å². The lowest BCUT2D eigenvalue weighted by atomic mass is 9.93. The van der Waals surface area contributed by atoms with Crippen LogP contribution in [0.25, 0.3) is 11.1 Å². The molecule has 1 saturated heterocycles. The molecule has 2 N–H and O–H groups in total. The zero-order valence-corrected chi connectivity index (χ0v) is 21.3. The molecular formula is C28H24ClF2N3O2S. The van der Waals surface area contributed by atoms with E-state index in [9.17, 15) is 23.6 Å². The number of thioether (sulfide) groups is 1. The highest BCUT2D eigenvalue weighted by Crippen LogP contribution is 2.28. The minimum Gasteiger partial charge on any atom is -0.340 e. The van der Waals surface area contributed by atoms with E-state index < -0.39 is 41.5 Å². The standard InChI is InChI=1S/C28H24ClF2N3O2S/c29-22-5-2-1-4-20(22)18-8-10-19(11-9-18)26(35)33-25(16-21-23(30)6-3-7-24(21)31)27(36)34-28(17-32)12-14-37-15-13-28/h1-11,25H,12-16H2,(H,33,35)(H,34,36)/t25-/m0/s1. The summed E-state index contributed by atoms with van der Waals surface area (Å²) in [5.74, 6) is -1.50. The topological polar surface area (TPSA) is 82.0 Å². The van der Waals surface area contributed by atoms with Crippen molar-refractivity contribution in [2.45, 2.75) is 30.8 Å². The maximum absolute atomic E-state index is 14.4. The number of carbonyl (C=O) groups excluding carboxylic acids is 2. The Morgan fingerprint density at radius 3 is 2.27 bits per heavy atom. The van der Waals surface area contributed by atoms with Gasteiger partial charge in [0.1, 0.15) is 23.2 Å². The lowest BCUT2D eigenvalue weighted by Crippen LogP contribution is -2.57. The summed E-state index contributed by atoms with van der Waals surface area (Å²) in [4.78, 5) is 26.4. The molecule has 1 aliphatic heterocycles. The van der Waals surface area contributed by atoms with Crippen molar-refractivity contribution in [3.8, 4) is 17.2 Å². The first-order chi connectivity index (χ1) is 17.8. The Morgan fingerprint density at radius 2 is 1.65 bits per heavy atom. The van der Waals surface area contributed by atoms with Gasteiger partial charge in [-0.1, -0.05) is 48.0 Å². The molecule has 3 aromatic rings. The number of halogens is 3. The zero-order chi connectivity index (χ0) is 26.4. The maximum atomic E-state index is 14.4. The van der Waals surface area contributed by atoms with Crippen molar-refractivity contribution in [3.05, 3.63) is 94.5 Å². The lowest BCUT2D eigenvalue weighted by Gasteiger charge is -2.33. The molecule has 1 fully saturated rings. The zero-order valence-electron chi connectivity index (χ0n) is 19.8. The van der Waals surface area contributed by atoms with E-state index in [-0.39, 0.29) is 11.1 Å². The first-order valence-corrected chi connectivity index (χ1v) is 13.2. The fourth-order valence-electron chi connectivity index (χ4n) is 4.19. The monoisotopic (exact) mass is 539 g/mol. The molecule has 190 valence electrons. The quantitative estimate of drug-likeness (QED) is 0.413. The van der Waals surface area contributed by atoms with E-state index in [0.29, 0.717) is 29.4 Å². The molecule has 37 heavy (non-hydrogen) atoms. The van der Waals surface area contributed by atoms with Gasteiger partial charge in [0.25, 0.3) is 5.91 Å². The third-order valence-corrected chi connectivity index (χ3v) is 7.66. The summed E-state index contributed by atoms with van der Waals surface area (Å²) < 4.78 is 28.8. The van der Waals surface area contributed by atoms with Crippen molar-refractivity contribution in [2.24, 2.45) is 0 Å². The van der Waals surface area contributed by atoms with Gasteiger partial charge in [-0.2, -0.15) is 17.0 Å². The molecule has 0 saturated carbocycles. The second kappa shape index (κ2) is 11.8. The first kappa shape index (κ1) is 26.6. The van der Waals surface area contributed by atoms with Crippen LogP contribution in [0.15, 0.2) is 66.7 Å². The van der Waals surface area contributed by atoms with Gasteiger partial charge in [0.05, 0.1) is 6.07 Å². The van der Waals surface area contributed by atoms with Crippen LogP contribution >= 0.6 is 23.4 Å². The Balaban J connectivity index is 1.57. The van der Waals surface area contributed by atoms with Crippen LogP contribution in [-0.4, -0.2) is 34.9 Å². The molecule has 0 aromatic heterocycles. The fraction of sp³-hybridized carbons (Fsp3) is 0.250. The number of nitrogens with one attached hydrogen (secondary N) is 2. The van der Waals surface area contributed by atoms with Gasteiger partial charge in [0.2, 0.25) is 5.91 Å². The third-order valence-electron chi connectivity index (χ3n) is 6.35. The lowest BCUT2D eigenvalue weighted by molar-refractivity contribution is -0.124. The van der Waals surface area contributed by atoms with E-state index in [2.05, 4.69) is 16.7 Å². The normalized spacial score (nSPS) is 15.3. The number of amides is 2. The number of hydrogen-bond donors (Lipinski definition) is 2. The predicted molar refractivity (Wildman–Crippen MR) is 141 cm³/mol. The highest BCUT2D eigenvalue weighted by Gasteiger charge is 2.36. The van der Waals surface area contributed by atoms with Gasteiger partial charge in [0, 0.05) is 28.1 Å². The van der Waals surface area contributed by atoms with Crippen molar-refractivity contribution in [3.63, 3.8) is 0 Å². The average molecular weight is 540 g/mol. The van der Waals surface area contributed by atoms with Crippen LogP contribution in [0, 0.1) is 23.0 Å². The molecule has 0 aliphatic carbocycles. The highest BCUT2D eigenvalue weighted by atomic mass is 35.5. The predicted octanol–water partition coefficient (Wildman–Crippen LogP) is 5.53. The third kappa shape index (κ3) is 6.30. The van der Waals surface area contributed by atoms with Crippen LogP contribution in [0.4, 0.5) is 8.78 Å². The van der Waals surface area contributed by atoms with Gasteiger partial charge in [-0.3, -0.25) is 9.59 Å². The number of benzene rings is 3. The van der Waals surface area contributed by atoms with Crippen LogP contribution in [0.3, 0.4) is 0 Å². The van der Waals surface area contributed by atoms with Crippen LogP contribution in [0.1, 0.15) is 28.8 Å². The molecule has 5 nitrogen and oxygen atoms in total. The van der Waals surface area contributed by atoms with Crippen molar-refractivity contribution in [2.75, 3.05) is 11.5 Å². The van der Waals surface area contributed by atoms with E-state index in [4.69, 9.17) is 11.6 Å². The Morgan fingerprint density at radius 1 is 1.00 bits per heavy atom. The number of carbonyl (C=O) groups is 2. The summed E-state index contributed by atoms with van der Waals surface area (Å²) in [5, 5.41) is 15.7. The number of nitriles is 1. The molecule has 3 aromatic carbocycles. The maximum Gasteiger partial charge on any atom is 0.251 e. The van der Waals surface area contributed by atoms with E-state index in [1.165, 1.54) is 6.07 Å². The summed E-state index contributed by atoms with van der Waals surface area (Å²) in [6, 6.07) is 18.2. The first-order valence-electron chi connectivity index (χ1n) is 11.7. The molecule has 1 aliphatic rings. The van der Waals surface area contributed by atoms with Crippen LogP contribution < -0.4 is 10.6 Å². The van der Waals surface area contributed by atoms with E-state index in [1.807, 2.05) is 18.2 Å². The van der Waals surface area contributed by atoms with Crippen molar-refractivity contribution in [1.82, 2.24) is 10.6 Å². The Hall–Kier alpha value is -3.41. The molecule has 4 rings (SSSR count). The molecule has 0 bridgehead atoms. The molecular weight excluding hydrogens is 516 g/mol. The summed E-state index contributed by atoms with van der Waals surface area (Å²) in [7, 11) is 0. The number of hydrogen-bond acceptors (Lipinski definition) is 4. The SMILES string of the molecule is N#CC1(NC(=O)[C@H](Cc2c(F)cccc2F)NC(=O)c2ccc(-c3ccccc3Cl)cc2)CCSCC1. The second-order valence-electron chi connectivity index (χ2n) is 8.78. The van der Waals surface area contributed by atoms with Crippen LogP contribution in [0.5, 0.6) is 0 Å². The van der Waals surface area contributed by atoms with Crippen molar-refractivity contribution in [1.29, 1.82) is 5.26 Å². The van der Waals surface area contributed by atoms with Crippen LogP contribution in [0.2, 0.25) is 5.02 Å². The average Bonchev–Trinajstić information content (AvgIpc) is 2.91. The largest absolute Gasteiger partial charge is 0.340 e. The van der Waals surface area contributed by atoms with Gasteiger partial charge in [0.15, 0.2) is 0 Å². The van der Waals surface area contributed by atoms with Gasteiger partial charge < -0.3 is 10.6 Å². The van der Waals surface area contributed by atoms with E-state index in [1.54, 1.807) is 42.1 Å². The summed E-state index contributed by atoms with van der Waals surface area (Å²) in [6.45, 7) is 0. The highest BCUT2D eigenvalue weighted by molar-refractivity contribution is 7.99. The Bertz CT molecular complexity index is 1320. The Kier molecular flexibility index (Phi) is 8.47. The summed E-state index contributed by atoms with van der Waals surface area (Å²) >= 11 is 7.94. The fourth-order valence-corrected chi connectivity index (χ4v) is 5.62. The Labute approximate surface area is 223 Å². The molecule has 2 amide bonds. The summed E-state index contributed by atoms with van der Waals surface area (Å²) in [5.41, 5.74) is 0.455.